The second kappa shape index (κ2) is 7.05. The molecule has 3 atom stereocenters. The van der Waals surface area contributed by atoms with Crippen LogP contribution in [0.15, 0.2) is 12.1 Å². The first-order chi connectivity index (χ1) is 10.7. The van der Waals surface area contributed by atoms with Gasteiger partial charge in [-0.15, -0.1) is 0 Å². The first kappa shape index (κ1) is 18.0. The number of fused-ring (bicyclic) bond motifs is 1. The average Bonchev–Trinajstić information content (AvgIpc) is 2.44. The molecule has 3 unspecified atom stereocenters. The van der Waals surface area contributed by atoms with Crippen molar-refractivity contribution in [1.82, 2.24) is 5.32 Å². The van der Waals surface area contributed by atoms with Crippen LogP contribution in [0.2, 0.25) is 0 Å². The van der Waals surface area contributed by atoms with Crippen LogP contribution in [0.4, 0.5) is 0 Å². The standard InChI is InChI=1S/C17H27NO5/c1-17(2,3)18-16(22)14(21)9-23-15-6-4-5-10-7-12(19)13(20)8-11(10)15/h7-8,14-16,18-22H,4-6,9H2,1-3H3. The number of benzene rings is 1. The van der Waals surface area contributed by atoms with E-state index in [1.165, 1.54) is 6.07 Å². The first-order valence-corrected chi connectivity index (χ1v) is 7.97. The van der Waals surface area contributed by atoms with Gasteiger partial charge in [0.15, 0.2) is 11.5 Å². The Morgan fingerprint density at radius 1 is 1.22 bits per heavy atom. The molecule has 0 bridgehead atoms. The molecule has 2 rings (SSSR count). The van der Waals surface area contributed by atoms with Gasteiger partial charge in [-0.25, -0.2) is 0 Å². The Kier molecular flexibility index (Phi) is 5.52. The van der Waals surface area contributed by atoms with Crippen molar-refractivity contribution in [3.63, 3.8) is 0 Å². The summed E-state index contributed by atoms with van der Waals surface area (Å²) in [5, 5.41) is 42.1. The van der Waals surface area contributed by atoms with E-state index in [0.717, 1.165) is 30.4 Å². The van der Waals surface area contributed by atoms with Crippen molar-refractivity contribution in [2.75, 3.05) is 6.61 Å². The van der Waals surface area contributed by atoms with Gasteiger partial charge in [-0.3, -0.25) is 5.32 Å². The van der Waals surface area contributed by atoms with Crippen molar-refractivity contribution in [3.05, 3.63) is 23.3 Å². The maximum absolute atomic E-state index is 10.0. The topological polar surface area (TPSA) is 102 Å². The third-order valence-electron chi connectivity index (χ3n) is 3.91. The highest BCUT2D eigenvalue weighted by molar-refractivity contribution is 5.47. The maximum atomic E-state index is 10.0. The Hall–Kier alpha value is -1.34. The molecule has 1 aliphatic rings. The summed E-state index contributed by atoms with van der Waals surface area (Å²) < 4.78 is 5.76. The van der Waals surface area contributed by atoms with E-state index >= 15 is 0 Å². The van der Waals surface area contributed by atoms with Gasteiger partial charge in [-0.2, -0.15) is 0 Å². The number of aliphatic hydroxyl groups excluding tert-OH is 2. The van der Waals surface area contributed by atoms with Gasteiger partial charge in [0.05, 0.1) is 12.7 Å². The van der Waals surface area contributed by atoms with Gasteiger partial charge in [0.1, 0.15) is 12.3 Å². The largest absolute Gasteiger partial charge is 0.504 e. The lowest BCUT2D eigenvalue weighted by atomic mass is 9.89. The molecule has 130 valence electrons. The number of hydrogen-bond donors (Lipinski definition) is 5. The Bertz CT molecular complexity index is 541. The number of aromatic hydroxyl groups is 2. The van der Waals surface area contributed by atoms with Crippen molar-refractivity contribution in [1.29, 1.82) is 0 Å². The molecule has 5 N–H and O–H groups in total. The second-order valence-corrected chi connectivity index (χ2v) is 7.16. The number of phenolic OH excluding ortho intramolecular Hbond substituents is 2. The van der Waals surface area contributed by atoms with Crippen molar-refractivity contribution < 1.29 is 25.2 Å². The third-order valence-corrected chi connectivity index (χ3v) is 3.91. The predicted octanol–water partition coefficient (Wildman–Crippen LogP) is 1.56. The molecule has 1 aromatic rings. The number of hydrogen-bond acceptors (Lipinski definition) is 6. The molecule has 0 saturated carbocycles. The van der Waals surface area contributed by atoms with E-state index in [0.29, 0.717) is 0 Å². The van der Waals surface area contributed by atoms with Crippen LogP contribution in [0.1, 0.15) is 50.8 Å². The van der Waals surface area contributed by atoms with Gasteiger partial charge in [0.2, 0.25) is 0 Å². The Balaban J connectivity index is 1.99. The summed E-state index contributed by atoms with van der Waals surface area (Å²) in [6.45, 7) is 5.68. The van der Waals surface area contributed by atoms with Crippen LogP contribution in [-0.2, 0) is 11.2 Å². The van der Waals surface area contributed by atoms with Crippen molar-refractivity contribution >= 4 is 0 Å². The van der Waals surface area contributed by atoms with Crippen LogP contribution in [0.5, 0.6) is 11.5 Å². The van der Waals surface area contributed by atoms with Gasteiger partial charge in [-0.1, -0.05) is 0 Å². The molecule has 23 heavy (non-hydrogen) atoms. The number of nitrogens with one attached hydrogen (secondary N) is 1. The number of ether oxygens (including phenoxy) is 1. The molecule has 0 aromatic heterocycles. The smallest absolute Gasteiger partial charge is 0.157 e. The molecule has 6 nitrogen and oxygen atoms in total. The van der Waals surface area contributed by atoms with Crippen LogP contribution in [0.25, 0.3) is 0 Å². The summed E-state index contributed by atoms with van der Waals surface area (Å²) >= 11 is 0. The lowest BCUT2D eigenvalue weighted by molar-refractivity contribution is -0.0811. The molecule has 0 saturated heterocycles. The second-order valence-electron chi connectivity index (χ2n) is 7.16. The van der Waals surface area contributed by atoms with E-state index in [1.54, 1.807) is 6.07 Å². The minimum Gasteiger partial charge on any atom is -0.504 e. The van der Waals surface area contributed by atoms with Crippen LogP contribution >= 0.6 is 0 Å². The minimum absolute atomic E-state index is 0.0179. The molecule has 6 heteroatoms. The van der Waals surface area contributed by atoms with E-state index in [-0.39, 0.29) is 29.7 Å². The van der Waals surface area contributed by atoms with Crippen molar-refractivity contribution in [2.24, 2.45) is 0 Å². The fourth-order valence-corrected chi connectivity index (χ4v) is 2.80. The summed E-state index contributed by atoms with van der Waals surface area (Å²) in [6, 6.07) is 3.08. The predicted molar refractivity (Wildman–Crippen MR) is 86.3 cm³/mol. The highest BCUT2D eigenvalue weighted by Gasteiger charge is 2.26. The van der Waals surface area contributed by atoms with Gasteiger partial charge < -0.3 is 25.2 Å². The number of aryl methyl sites for hydroxylation is 1. The monoisotopic (exact) mass is 325 g/mol. The quantitative estimate of drug-likeness (QED) is 0.416. The highest BCUT2D eigenvalue weighted by atomic mass is 16.5. The molecular weight excluding hydrogens is 298 g/mol. The van der Waals surface area contributed by atoms with Crippen LogP contribution < -0.4 is 5.32 Å². The Morgan fingerprint density at radius 2 is 1.87 bits per heavy atom. The van der Waals surface area contributed by atoms with Crippen molar-refractivity contribution in [3.8, 4) is 11.5 Å². The van der Waals surface area contributed by atoms with Gasteiger partial charge >= 0.3 is 0 Å². The van der Waals surface area contributed by atoms with Crippen LogP contribution in [-0.4, -0.2) is 44.9 Å². The molecule has 0 spiro atoms. The van der Waals surface area contributed by atoms with Gasteiger partial charge in [0.25, 0.3) is 0 Å². The first-order valence-electron chi connectivity index (χ1n) is 7.97. The summed E-state index contributed by atoms with van der Waals surface area (Å²) in [4.78, 5) is 0. The van der Waals surface area contributed by atoms with E-state index in [4.69, 9.17) is 4.74 Å². The molecule has 0 fully saturated rings. The van der Waals surface area contributed by atoms with Gasteiger partial charge in [0, 0.05) is 5.54 Å². The summed E-state index contributed by atoms with van der Waals surface area (Å²) in [5.41, 5.74) is 1.46. The lowest BCUT2D eigenvalue weighted by Crippen LogP contribution is -2.50. The normalized spacial score (nSPS) is 20.8. The number of aliphatic hydroxyl groups is 2. The Labute approximate surface area is 136 Å². The summed E-state index contributed by atoms with van der Waals surface area (Å²) in [5.74, 6) is -0.302. The van der Waals surface area contributed by atoms with E-state index < -0.39 is 12.3 Å². The zero-order chi connectivity index (χ0) is 17.2. The number of rotatable bonds is 5. The zero-order valence-corrected chi connectivity index (χ0v) is 13.9. The molecule has 0 heterocycles. The van der Waals surface area contributed by atoms with E-state index in [2.05, 4.69) is 5.32 Å². The molecular formula is C17H27NO5. The highest BCUT2D eigenvalue weighted by Crippen LogP contribution is 2.38. The van der Waals surface area contributed by atoms with E-state index in [9.17, 15) is 20.4 Å². The molecule has 0 radical (unpaired) electrons. The fraction of sp³-hybridized carbons (Fsp3) is 0.647. The molecule has 1 aliphatic carbocycles. The Morgan fingerprint density at radius 3 is 2.52 bits per heavy atom. The number of phenols is 2. The molecule has 1 aromatic carbocycles. The summed E-state index contributed by atoms with van der Waals surface area (Å²) in [7, 11) is 0. The maximum Gasteiger partial charge on any atom is 0.157 e. The van der Waals surface area contributed by atoms with Crippen molar-refractivity contribution in [2.45, 2.75) is 64.0 Å². The van der Waals surface area contributed by atoms with Crippen LogP contribution in [0, 0.1) is 0 Å². The minimum atomic E-state index is -1.08. The van der Waals surface area contributed by atoms with Crippen LogP contribution in [0.3, 0.4) is 0 Å². The van der Waals surface area contributed by atoms with E-state index in [1.807, 2.05) is 20.8 Å². The lowest BCUT2D eigenvalue weighted by Gasteiger charge is -2.30. The zero-order valence-electron chi connectivity index (χ0n) is 13.9. The molecule has 0 aliphatic heterocycles. The third kappa shape index (κ3) is 4.81. The summed E-state index contributed by atoms with van der Waals surface area (Å²) in [6.07, 6.45) is 0.103. The van der Waals surface area contributed by atoms with Gasteiger partial charge in [-0.05, 0) is 63.3 Å². The molecule has 0 amide bonds. The fourth-order valence-electron chi connectivity index (χ4n) is 2.80. The SMILES string of the molecule is CC(C)(C)NC(O)C(O)COC1CCCc2cc(O)c(O)cc21. The average molecular weight is 325 g/mol.